The molecule has 1 aliphatic rings. The molecule has 0 saturated heterocycles. The average Bonchev–Trinajstić information content (AvgIpc) is 2.93. The number of carbonyl (C=O) groups excluding carboxylic acids is 1. The zero-order valence-electron chi connectivity index (χ0n) is 13.1. The fourth-order valence-electron chi connectivity index (χ4n) is 2.59. The van der Waals surface area contributed by atoms with Crippen molar-refractivity contribution >= 4 is 23.5 Å². The van der Waals surface area contributed by atoms with Crippen LogP contribution in [0.25, 0.3) is 0 Å². The van der Waals surface area contributed by atoms with E-state index in [2.05, 4.69) is 15.4 Å². The monoisotopic (exact) mass is 332 g/mol. The highest BCUT2D eigenvalue weighted by atomic mass is 35.5. The van der Waals surface area contributed by atoms with Gasteiger partial charge in [0.2, 0.25) is 5.95 Å². The van der Waals surface area contributed by atoms with Crippen molar-refractivity contribution in [3.63, 3.8) is 0 Å². The van der Waals surface area contributed by atoms with E-state index < -0.39 is 6.04 Å². The van der Waals surface area contributed by atoms with E-state index in [4.69, 9.17) is 16.3 Å². The van der Waals surface area contributed by atoms with Crippen LogP contribution in [-0.2, 0) is 9.53 Å². The van der Waals surface area contributed by atoms with E-state index in [9.17, 15) is 4.79 Å². The Morgan fingerprint density at radius 3 is 2.70 bits per heavy atom. The molecule has 1 N–H and O–H groups in total. The molecule has 0 saturated carbocycles. The number of fused-ring (bicyclic) bond motifs is 1. The van der Waals surface area contributed by atoms with Crippen LogP contribution in [0.3, 0.4) is 0 Å². The number of ether oxygens (including phenoxy) is 1. The summed E-state index contributed by atoms with van der Waals surface area (Å²) in [5, 5.41) is 7.98. The third-order valence-corrected chi connectivity index (χ3v) is 3.79. The average molecular weight is 333 g/mol. The first-order chi connectivity index (χ1) is 11.0. The van der Waals surface area contributed by atoms with E-state index in [1.54, 1.807) is 16.8 Å². The van der Waals surface area contributed by atoms with Gasteiger partial charge in [-0.3, -0.25) is 0 Å². The number of carbonyl (C=O) groups is 1. The third-order valence-electron chi connectivity index (χ3n) is 3.54. The second kappa shape index (κ2) is 6.04. The summed E-state index contributed by atoms with van der Waals surface area (Å²) in [6, 6.07) is 6.92. The molecule has 2 aromatic rings. The molecular formula is C16H17ClN4O2. The number of allylic oxidation sites excluding steroid dienone is 1. The molecule has 0 spiro atoms. The molecule has 23 heavy (non-hydrogen) atoms. The van der Waals surface area contributed by atoms with Gasteiger partial charge in [-0.2, -0.15) is 10.1 Å². The largest absolute Gasteiger partial charge is 0.459 e. The SMILES string of the molecule is CC1=C(C(=O)OC(C)C)[C@H](c2ccc(Cl)cc2)n2ncnc2N1. The van der Waals surface area contributed by atoms with Gasteiger partial charge < -0.3 is 10.1 Å². The van der Waals surface area contributed by atoms with Crippen LogP contribution in [0.2, 0.25) is 5.02 Å². The van der Waals surface area contributed by atoms with Gasteiger partial charge in [-0.05, 0) is 38.5 Å². The van der Waals surface area contributed by atoms with Gasteiger partial charge in [-0.15, -0.1) is 0 Å². The molecule has 3 rings (SSSR count). The van der Waals surface area contributed by atoms with Gasteiger partial charge in [0, 0.05) is 10.7 Å². The number of esters is 1. The highest BCUT2D eigenvalue weighted by Crippen LogP contribution is 2.35. The molecule has 0 unspecified atom stereocenters. The molecule has 1 atom stereocenters. The quantitative estimate of drug-likeness (QED) is 0.874. The highest BCUT2D eigenvalue weighted by Gasteiger charge is 2.34. The number of nitrogens with zero attached hydrogens (tertiary/aromatic N) is 3. The van der Waals surface area contributed by atoms with Crippen LogP contribution < -0.4 is 5.32 Å². The van der Waals surface area contributed by atoms with E-state index in [1.807, 2.05) is 32.9 Å². The Hall–Kier alpha value is -2.34. The number of anilines is 1. The summed E-state index contributed by atoms with van der Waals surface area (Å²) in [6.45, 7) is 5.47. The predicted octanol–water partition coefficient (Wildman–Crippen LogP) is 3.17. The van der Waals surface area contributed by atoms with E-state index in [1.165, 1.54) is 6.33 Å². The van der Waals surface area contributed by atoms with Crippen LogP contribution in [0, 0.1) is 0 Å². The first-order valence-electron chi connectivity index (χ1n) is 7.31. The lowest BCUT2D eigenvalue weighted by Crippen LogP contribution is -2.30. The van der Waals surface area contributed by atoms with Crippen LogP contribution in [0.1, 0.15) is 32.4 Å². The predicted molar refractivity (Wildman–Crippen MR) is 87.2 cm³/mol. The Bertz CT molecular complexity index is 765. The van der Waals surface area contributed by atoms with Crippen molar-refractivity contribution in [2.75, 3.05) is 5.32 Å². The van der Waals surface area contributed by atoms with Gasteiger partial charge in [0.1, 0.15) is 12.4 Å². The minimum absolute atomic E-state index is 0.203. The summed E-state index contributed by atoms with van der Waals surface area (Å²) < 4.78 is 7.08. The fourth-order valence-corrected chi connectivity index (χ4v) is 2.71. The maximum atomic E-state index is 12.6. The molecule has 120 valence electrons. The van der Waals surface area contributed by atoms with Gasteiger partial charge in [0.25, 0.3) is 0 Å². The highest BCUT2D eigenvalue weighted by molar-refractivity contribution is 6.30. The number of halogens is 1. The molecule has 0 radical (unpaired) electrons. The standard InChI is InChI=1S/C16H17ClN4O2/c1-9(2)23-15(22)13-10(3)20-16-18-8-19-21(16)14(13)11-4-6-12(17)7-5-11/h4-9,14H,1-3H3,(H,18,19,20)/t14-/m0/s1. The lowest BCUT2D eigenvalue weighted by Gasteiger charge is -2.28. The van der Waals surface area contributed by atoms with E-state index >= 15 is 0 Å². The second-order valence-corrected chi connectivity index (χ2v) is 6.04. The molecular weight excluding hydrogens is 316 g/mol. The molecule has 0 fully saturated rings. The van der Waals surface area contributed by atoms with E-state index in [-0.39, 0.29) is 12.1 Å². The van der Waals surface area contributed by atoms with Crippen LogP contribution in [-0.4, -0.2) is 26.8 Å². The first kappa shape index (κ1) is 15.6. The summed E-state index contributed by atoms with van der Waals surface area (Å²) in [4.78, 5) is 16.8. The Kier molecular flexibility index (Phi) is 4.09. The van der Waals surface area contributed by atoms with Gasteiger partial charge in [-0.1, -0.05) is 23.7 Å². The normalized spacial score (nSPS) is 17.0. The number of benzene rings is 1. The van der Waals surface area contributed by atoms with Gasteiger partial charge >= 0.3 is 5.97 Å². The minimum Gasteiger partial charge on any atom is -0.459 e. The summed E-state index contributed by atoms with van der Waals surface area (Å²) >= 11 is 5.98. The van der Waals surface area contributed by atoms with Gasteiger partial charge in [0.15, 0.2) is 0 Å². The van der Waals surface area contributed by atoms with E-state index in [0.29, 0.717) is 22.2 Å². The third kappa shape index (κ3) is 2.94. The molecule has 0 bridgehead atoms. The molecule has 0 amide bonds. The summed E-state index contributed by atoms with van der Waals surface area (Å²) in [6.07, 6.45) is 1.25. The zero-order valence-corrected chi connectivity index (χ0v) is 13.8. The topological polar surface area (TPSA) is 69.0 Å². The Morgan fingerprint density at radius 2 is 2.04 bits per heavy atom. The number of aromatic nitrogens is 3. The molecule has 6 nitrogen and oxygen atoms in total. The van der Waals surface area contributed by atoms with Gasteiger partial charge in [0.05, 0.1) is 11.7 Å². The molecule has 1 aliphatic heterocycles. The van der Waals surface area contributed by atoms with Crippen molar-refractivity contribution in [3.8, 4) is 0 Å². The fraction of sp³-hybridized carbons (Fsp3) is 0.312. The lowest BCUT2D eigenvalue weighted by molar-refractivity contribution is -0.143. The van der Waals surface area contributed by atoms with Crippen molar-refractivity contribution in [2.24, 2.45) is 0 Å². The zero-order chi connectivity index (χ0) is 16.6. The Balaban J connectivity index is 2.10. The number of hydrogen-bond acceptors (Lipinski definition) is 5. The molecule has 7 heteroatoms. The van der Waals surface area contributed by atoms with Crippen molar-refractivity contribution < 1.29 is 9.53 Å². The second-order valence-electron chi connectivity index (χ2n) is 5.60. The molecule has 2 heterocycles. The van der Waals surface area contributed by atoms with Gasteiger partial charge in [-0.25, -0.2) is 9.48 Å². The first-order valence-corrected chi connectivity index (χ1v) is 7.69. The van der Waals surface area contributed by atoms with Crippen LogP contribution in [0.15, 0.2) is 41.9 Å². The number of nitrogens with one attached hydrogen (secondary N) is 1. The van der Waals surface area contributed by atoms with E-state index in [0.717, 1.165) is 5.56 Å². The molecule has 1 aromatic carbocycles. The van der Waals surface area contributed by atoms with Crippen LogP contribution in [0.5, 0.6) is 0 Å². The molecule has 1 aromatic heterocycles. The maximum Gasteiger partial charge on any atom is 0.338 e. The van der Waals surface area contributed by atoms with Crippen LogP contribution >= 0.6 is 11.6 Å². The summed E-state index contributed by atoms with van der Waals surface area (Å²) in [5.41, 5.74) is 2.10. The van der Waals surface area contributed by atoms with Crippen molar-refractivity contribution in [3.05, 3.63) is 52.4 Å². The smallest absolute Gasteiger partial charge is 0.338 e. The minimum atomic E-state index is -0.405. The molecule has 0 aliphatic carbocycles. The Morgan fingerprint density at radius 1 is 1.35 bits per heavy atom. The number of hydrogen-bond donors (Lipinski definition) is 1. The van der Waals surface area contributed by atoms with Crippen LogP contribution in [0.4, 0.5) is 5.95 Å². The lowest BCUT2D eigenvalue weighted by atomic mass is 9.96. The Labute approximate surface area is 139 Å². The summed E-state index contributed by atoms with van der Waals surface area (Å²) in [7, 11) is 0. The maximum absolute atomic E-state index is 12.6. The van der Waals surface area contributed by atoms with Crippen molar-refractivity contribution in [1.82, 2.24) is 14.8 Å². The van der Waals surface area contributed by atoms with Crippen molar-refractivity contribution in [2.45, 2.75) is 32.9 Å². The van der Waals surface area contributed by atoms with Crippen molar-refractivity contribution in [1.29, 1.82) is 0 Å². The summed E-state index contributed by atoms with van der Waals surface area (Å²) in [5.74, 6) is 0.217. The number of rotatable bonds is 3.